The van der Waals surface area contributed by atoms with Crippen molar-refractivity contribution in [1.29, 1.82) is 0 Å². The summed E-state index contributed by atoms with van der Waals surface area (Å²) in [5, 5.41) is 5.24. The second-order valence-corrected chi connectivity index (χ2v) is 5.88. The van der Waals surface area contributed by atoms with Gasteiger partial charge in [-0.25, -0.2) is 0 Å². The van der Waals surface area contributed by atoms with Gasteiger partial charge in [-0.3, -0.25) is 0 Å². The third kappa shape index (κ3) is 3.80. The summed E-state index contributed by atoms with van der Waals surface area (Å²) < 4.78 is 0. The number of nitrogens with one attached hydrogen (secondary N) is 1. The number of halogens is 3. The van der Waals surface area contributed by atoms with E-state index < -0.39 is 0 Å². The molecule has 0 radical (unpaired) electrons. The van der Waals surface area contributed by atoms with Crippen molar-refractivity contribution in [3.05, 3.63) is 62.6 Å². The van der Waals surface area contributed by atoms with Crippen LogP contribution < -0.4 is 11.1 Å². The number of benzene rings is 2. The molecule has 5 heteroatoms. The maximum absolute atomic E-state index is 6.12. The molecule has 0 aliphatic heterocycles. The van der Waals surface area contributed by atoms with Gasteiger partial charge < -0.3 is 11.1 Å². The molecule has 2 rings (SSSR count). The SMILES string of the molecule is Cc1ccc(NC(CN)c2cc(Cl)cc(Cl)c2)cc1Cl. The summed E-state index contributed by atoms with van der Waals surface area (Å²) in [4.78, 5) is 0. The number of aryl methyl sites for hydroxylation is 1. The van der Waals surface area contributed by atoms with Gasteiger partial charge in [0.15, 0.2) is 0 Å². The first-order valence-corrected chi connectivity index (χ1v) is 7.31. The van der Waals surface area contributed by atoms with Crippen molar-refractivity contribution in [3.63, 3.8) is 0 Å². The molecule has 106 valence electrons. The number of hydrogen-bond acceptors (Lipinski definition) is 2. The lowest BCUT2D eigenvalue weighted by molar-refractivity contribution is 0.790. The van der Waals surface area contributed by atoms with E-state index in [1.807, 2.05) is 37.3 Å². The zero-order chi connectivity index (χ0) is 14.7. The molecule has 2 aromatic carbocycles. The van der Waals surface area contributed by atoms with Gasteiger partial charge in [-0.2, -0.15) is 0 Å². The Morgan fingerprint density at radius 2 is 1.70 bits per heavy atom. The minimum atomic E-state index is -0.0787. The van der Waals surface area contributed by atoms with Crippen LogP contribution in [-0.4, -0.2) is 6.54 Å². The first-order chi connectivity index (χ1) is 9.49. The zero-order valence-corrected chi connectivity index (χ0v) is 13.2. The fourth-order valence-electron chi connectivity index (χ4n) is 1.94. The van der Waals surface area contributed by atoms with Crippen LogP contribution in [-0.2, 0) is 0 Å². The topological polar surface area (TPSA) is 38.0 Å². The molecule has 0 heterocycles. The van der Waals surface area contributed by atoms with E-state index >= 15 is 0 Å². The molecule has 0 spiro atoms. The van der Waals surface area contributed by atoms with Crippen LogP contribution in [0.5, 0.6) is 0 Å². The molecule has 0 aliphatic rings. The van der Waals surface area contributed by atoms with Gasteiger partial charge >= 0.3 is 0 Å². The van der Waals surface area contributed by atoms with E-state index in [0.717, 1.165) is 21.8 Å². The Morgan fingerprint density at radius 1 is 1.05 bits per heavy atom. The quantitative estimate of drug-likeness (QED) is 0.822. The third-order valence-corrected chi connectivity index (χ3v) is 3.88. The molecule has 0 aromatic heterocycles. The molecule has 3 N–H and O–H groups in total. The largest absolute Gasteiger partial charge is 0.377 e. The molecule has 1 atom stereocenters. The maximum Gasteiger partial charge on any atom is 0.0637 e. The average Bonchev–Trinajstić information content (AvgIpc) is 2.38. The summed E-state index contributed by atoms with van der Waals surface area (Å²) >= 11 is 18.2. The van der Waals surface area contributed by atoms with Crippen molar-refractivity contribution in [1.82, 2.24) is 0 Å². The summed E-state index contributed by atoms with van der Waals surface area (Å²) in [5.74, 6) is 0. The van der Waals surface area contributed by atoms with Crippen molar-refractivity contribution < 1.29 is 0 Å². The highest BCUT2D eigenvalue weighted by molar-refractivity contribution is 6.34. The second-order valence-electron chi connectivity index (χ2n) is 4.60. The monoisotopic (exact) mass is 328 g/mol. The number of rotatable bonds is 4. The Morgan fingerprint density at radius 3 is 2.25 bits per heavy atom. The average molecular weight is 330 g/mol. The van der Waals surface area contributed by atoms with Gasteiger partial charge in [0, 0.05) is 27.3 Å². The second kappa shape index (κ2) is 6.68. The molecule has 0 fully saturated rings. The Bertz CT molecular complexity index is 594. The Labute approximate surface area is 133 Å². The van der Waals surface area contributed by atoms with Crippen LogP contribution in [0, 0.1) is 6.92 Å². The van der Waals surface area contributed by atoms with Gasteiger partial charge in [0.25, 0.3) is 0 Å². The highest BCUT2D eigenvalue weighted by Gasteiger charge is 2.11. The summed E-state index contributed by atoms with van der Waals surface area (Å²) in [6.07, 6.45) is 0. The van der Waals surface area contributed by atoms with Gasteiger partial charge in [0.05, 0.1) is 6.04 Å². The lowest BCUT2D eigenvalue weighted by Crippen LogP contribution is -2.20. The van der Waals surface area contributed by atoms with E-state index in [2.05, 4.69) is 5.32 Å². The fourth-order valence-corrected chi connectivity index (χ4v) is 2.66. The van der Waals surface area contributed by atoms with Gasteiger partial charge in [-0.15, -0.1) is 0 Å². The van der Waals surface area contributed by atoms with E-state index in [-0.39, 0.29) is 6.04 Å². The van der Waals surface area contributed by atoms with Crippen LogP contribution in [0.15, 0.2) is 36.4 Å². The normalized spacial score (nSPS) is 12.2. The smallest absolute Gasteiger partial charge is 0.0637 e. The predicted molar refractivity (Wildman–Crippen MR) is 88.1 cm³/mol. The fraction of sp³-hybridized carbons (Fsp3) is 0.200. The van der Waals surface area contributed by atoms with Gasteiger partial charge in [0.2, 0.25) is 0 Å². The number of anilines is 1. The maximum atomic E-state index is 6.12. The van der Waals surface area contributed by atoms with Crippen LogP contribution in [0.25, 0.3) is 0 Å². The summed E-state index contributed by atoms with van der Waals surface area (Å²) in [5.41, 5.74) is 8.73. The third-order valence-electron chi connectivity index (χ3n) is 3.04. The lowest BCUT2D eigenvalue weighted by Gasteiger charge is -2.19. The van der Waals surface area contributed by atoms with Crippen molar-refractivity contribution in [3.8, 4) is 0 Å². The highest BCUT2D eigenvalue weighted by atomic mass is 35.5. The molecular weight excluding hydrogens is 315 g/mol. The predicted octanol–water partition coefficient (Wildman–Crippen LogP) is 5.07. The number of hydrogen-bond donors (Lipinski definition) is 2. The van der Waals surface area contributed by atoms with Crippen LogP contribution in [0.1, 0.15) is 17.2 Å². The molecule has 1 unspecified atom stereocenters. The van der Waals surface area contributed by atoms with Crippen molar-refractivity contribution in [2.24, 2.45) is 5.73 Å². The molecule has 0 saturated heterocycles. The standard InChI is InChI=1S/C15H15Cl3N2/c1-9-2-3-13(7-14(9)18)20-15(8-19)10-4-11(16)6-12(17)5-10/h2-7,15,20H,8,19H2,1H3. The molecule has 2 aromatic rings. The molecule has 0 aliphatic carbocycles. The van der Waals surface area contributed by atoms with Gasteiger partial charge in [-0.1, -0.05) is 40.9 Å². The minimum absolute atomic E-state index is 0.0787. The minimum Gasteiger partial charge on any atom is -0.377 e. The van der Waals surface area contributed by atoms with Crippen LogP contribution in [0.2, 0.25) is 15.1 Å². The summed E-state index contributed by atoms with van der Waals surface area (Å²) in [7, 11) is 0. The van der Waals surface area contributed by atoms with Crippen LogP contribution in [0.3, 0.4) is 0 Å². The zero-order valence-electron chi connectivity index (χ0n) is 11.0. The van der Waals surface area contributed by atoms with Gasteiger partial charge in [-0.05, 0) is 48.4 Å². The van der Waals surface area contributed by atoms with Crippen molar-refractivity contribution in [2.75, 3.05) is 11.9 Å². The molecule has 20 heavy (non-hydrogen) atoms. The molecule has 0 saturated carbocycles. The van der Waals surface area contributed by atoms with E-state index in [9.17, 15) is 0 Å². The van der Waals surface area contributed by atoms with Crippen LogP contribution in [0.4, 0.5) is 5.69 Å². The van der Waals surface area contributed by atoms with E-state index in [0.29, 0.717) is 16.6 Å². The van der Waals surface area contributed by atoms with E-state index in [1.165, 1.54) is 0 Å². The molecule has 0 bridgehead atoms. The first-order valence-electron chi connectivity index (χ1n) is 6.18. The first kappa shape index (κ1) is 15.5. The van der Waals surface area contributed by atoms with E-state index in [1.54, 1.807) is 6.07 Å². The van der Waals surface area contributed by atoms with Crippen LogP contribution >= 0.6 is 34.8 Å². The molecular formula is C15H15Cl3N2. The van der Waals surface area contributed by atoms with E-state index in [4.69, 9.17) is 40.5 Å². The lowest BCUT2D eigenvalue weighted by atomic mass is 10.1. The van der Waals surface area contributed by atoms with Crippen molar-refractivity contribution >= 4 is 40.5 Å². The Hall–Kier alpha value is -0.930. The summed E-state index contributed by atoms with van der Waals surface area (Å²) in [6.45, 7) is 2.38. The number of nitrogens with two attached hydrogens (primary N) is 1. The molecule has 2 nitrogen and oxygen atoms in total. The molecule has 0 amide bonds. The van der Waals surface area contributed by atoms with Gasteiger partial charge in [0.1, 0.15) is 0 Å². The summed E-state index contributed by atoms with van der Waals surface area (Å²) in [6, 6.07) is 11.1. The van der Waals surface area contributed by atoms with Crippen molar-refractivity contribution in [2.45, 2.75) is 13.0 Å². The highest BCUT2D eigenvalue weighted by Crippen LogP contribution is 2.27. The Balaban J connectivity index is 2.26. The Kier molecular flexibility index (Phi) is 5.17.